The highest BCUT2D eigenvalue weighted by Gasteiger charge is 2.35. The third kappa shape index (κ3) is 5.52. The molecule has 0 aromatic heterocycles. The molecule has 1 saturated carbocycles. The summed E-state index contributed by atoms with van der Waals surface area (Å²) >= 11 is 12.8. The summed E-state index contributed by atoms with van der Waals surface area (Å²) in [6.45, 7) is 1.72. The van der Waals surface area contributed by atoms with Crippen molar-refractivity contribution in [2.75, 3.05) is 13.1 Å². The Balaban J connectivity index is 1.52. The van der Waals surface area contributed by atoms with Gasteiger partial charge in [-0.2, -0.15) is 0 Å². The van der Waals surface area contributed by atoms with Crippen LogP contribution in [0.5, 0.6) is 0 Å². The largest absolute Gasteiger partial charge is 0.353 e. The zero-order valence-electron chi connectivity index (χ0n) is 15.5. The highest BCUT2D eigenvalue weighted by Crippen LogP contribution is 2.33. The smallest absolute Gasteiger partial charge is 0.293 e. The number of carbonyl (C=O) groups is 4. The Morgan fingerprint density at radius 1 is 1.31 bits per heavy atom. The van der Waals surface area contributed by atoms with Crippen LogP contribution >= 0.6 is 35.0 Å². The summed E-state index contributed by atoms with van der Waals surface area (Å²) in [5.74, 6) is -0.920. The van der Waals surface area contributed by atoms with E-state index in [0.29, 0.717) is 15.6 Å². The highest BCUT2D eigenvalue weighted by molar-refractivity contribution is 8.18. The van der Waals surface area contributed by atoms with E-state index >= 15 is 0 Å². The number of rotatable bonds is 7. The van der Waals surface area contributed by atoms with Crippen molar-refractivity contribution in [3.63, 3.8) is 0 Å². The maximum absolute atomic E-state index is 12.5. The van der Waals surface area contributed by atoms with Crippen molar-refractivity contribution in [2.24, 2.45) is 5.92 Å². The molecule has 0 bridgehead atoms. The van der Waals surface area contributed by atoms with Crippen molar-refractivity contribution < 1.29 is 19.2 Å². The quantitative estimate of drug-likeness (QED) is 0.615. The number of thioether (sulfide) groups is 1. The molecule has 0 spiro atoms. The maximum Gasteiger partial charge on any atom is 0.293 e. The third-order valence-corrected chi connectivity index (χ3v) is 5.93. The number of halogens is 2. The third-order valence-electron chi connectivity index (χ3n) is 4.46. The summed E-state index contributed by atoms with van der Waals surface area (Å²) in [6.07, 6.45) is 3.25. The van der Waals surface area contributed by atoms with Crippen molar-refractivity contribution in [2.45, 2.75) is 25.8 Å². The van der Waals surface area contributed by atoms with E-state index in [-0.39, 0.29) is 35.7 Å². The summed E-state index contributed by atoms with van der Waals surface area (Å²) in [4.78, 5) is 49.8. The zero-order valence-corrected chi connectivity index (χ0v) is 17.9. The Kier molecular flexibility index (Phi) is 6.87. The minimum Gasteiger partial charge on any atom is -0.353 e. The molecule has 3 rings (SSSR count). The predicted octanol–water partition coefficient (Wildman–Crippen LogP) is 3.06. The Bertz CT molecular complexity index is 901. The Morgan fingerprint density at radius 2 is 2.03 bits per heavy atom. The van der Waals surface area contributed by atoms with E-state index in [1.807, 2.05) is 0 Å². The molecule has 1 atom stereocenters. The molecule has 1 aromatic carbocycles. The minimum absolute atomic E-state index is 0.0152. The van der Waals surface area contributed by atoms with Gasteiger partial charge < -0.3 is 10.6 Å². The number of nitrogens with zero attached hydrogens (tertiary/aromatic N) is 1. The van der Waals surface area contributed by atoms with Crippen LogP contribution in [0.2, 0.25) is 10.0 Å². The lowest BCUT2D eigenvalue weighted by molar-refractivity contribution is -0.129. The monoisotopic (exact) mass is 455 g/mol. The van der Waals surface area contributed by atoms with Crippen molar-refractivity contribution in [1.82, 2.24) is 15.5 Å². The average molecular weight is 456 g/mol. The van der Waals surface area contributed by atoms with Gasteiger partial charge in [0.25, 0.3) is 11.1 Å². The number of nitrogens with one attached hydrogen (secondary N) is 2. The van der Waals surface area contributed by atoms with E-state index < -0.39 is 17.2 Å². The second-order valence-corrected chi connectivity index (χ2v) is 8.63. The van der Waals surface area contributed by atoms with Crippen LogP contribution in [0.1, 0.15) is 25.3 Å². The van der Waals surface area contributed by atoms with E-state index in [4.69, 9.17) is 23.2 Å². The van der Waals surface area contributed by atoms with Crippen LogP contribution in [0.15, 0.2) is 23.1 Å². The van der Waals surface area contributed by atoms with Crippen LogP contribution in [0.3, 0.4) is 0 Å². The Labute approximate surface area is 182 Å². The van der Waals surface area contributed by atoms with Gasteiger partial charge in [0.15, 0.2) is 0 Å². The van der Waals surface area contributed by atoms with Crippen molar-refractivity contribution in [3.8, 4) is 0 Å². The van der Waals surface area contributed by atoms with Crippen LogP contribution < -0.4 is 10.6 Å². The summed E-state index contributed by atoms with van der Waals surface area (Å²) < 4.78 is 0. The molecule has 1 aliphatic carbocycles. The molecule has 10 heteroatoms. The predicted molar refractivity (Wildman–Crippen MR) is 112 cm³/mol. The number of carbonyl (C=O) groups excluding carboxylic acids is 4. The average Bonchev–Trinajstić information content (AvgIpc) is 3.47. The van der Waals surface area contributed by atoms with Crippen LogP contribution in [-0.2, 0) is 14.4 Å². The Morgan fingerprint density at radius 3 is 2.69 bits per heavy atom. The first-order valence-electron chi connectivity index (χ1n) is 9.04. The molecule has 0 radical (unpaired) electrons. The highest BCUT2D eigenvalue weighted by atomic mass is 35.5. The summed E-state index contributed by atoms with van der Waals surface area (Å²) in [6, 6.07) is 4.18. The molecule has 1 heterocycles. The minimum atomic E-state index is -0.676. The number of benzene rings is 1. The first-order chi connectivity index (χ1) is 13.8. The van der Waals surface area contributed by atoms with Gasteiger partial charge in [0.05, 0.1) is 4.91 Å². The van der Waals surface area contributed by atoms with E-state index in [0.717, 1.165) is 29.5 Å². The SMILES string of the molecule is CC(NC(=O)C1CC1)C(=O)NCCN1C(=O)SC(=Cc2ccc(Cl)cc2Cl)C1=O. The topological polar surface area (TPSA) is 95.6 Å². The first-order valence-corrected chi connectivity index (χ1v) is 10.6. The molecule has 2 aliphatic rings. The molecular weight excluding hydrogens is 437 g/mol. The van der Waals surface area contributed by atoms with Gasteiger partial charge in [-0.05, 0) is 55.3 Å². The molecule has 29 heavy (non-hydrogen) atoms. The van der Waals surface area contributed by atoms with Gasteiger partial charge in [0.2, 0.25) is 11.8 Å². The van der Waals surface area contributed by atoms with Crippen molar-refractivity contribution >= 4 is 64.0 Å². The van der Waals surface area contributed by atoms with Gasteiger partial charge >= 0.3 is 0 Å². The van der Waals surface area contributed by atoms with Gasteiger partial charge in [0.1, 0.15) is 6.04 Å². The molecule has 1 saturated heterocycles. The maximum atomic E-state index is 12.5. The van der Waals surface area contributed by atoms with E-state index in [1.165, 1.54) is 6.08 Å². The lowest BCUT2D eigenvalue weighted by Crippen LogP contribution is -2.47. The van der Waals surface area contributed by atoms with E-state index in [1.54, 1.807) is 25.1 Å². The number of imide groups is 1. The fourth-order valence-corrected chi connectivity index (χ4v) is 3.96. The van der Waals surface area contributed by atoms with Crippen LogP contribution in [-0.4, -0.2) is 47.0 Å². The molecule has 7 nitrogen and oxygen atoms in total. The van der Waals surface area contributed by atoms with Crippen LogP contribution in [0.25, 0.3) is 6.08 Å². The van der Waals surface area contributed by atoms with Gasteiger partial charge in [-0.3, -0.25) is 24.1 Å². The molecule has 154 valence electrons. The molecule has 2 N–H and O–H groups in total. The van der Waals surface area contributed by atoms with Gasteiger partial charge in [-0.15, -0.1) is 0 Å². The second-order valence-electron chi connectivity index (χ2n) is 6.79. The molecule has 1 unspecified atom stereocenters. The second kappa shape index (κ2) is 9.19. The fraction of sp³-hybridized carbons (Fsp3) is 0.368. The first kappa shape index (κ1) is 21.7. The van der Waals surface area contributed by atoms with Crippen molar-refractivity contribution in [3.05, 3.63) is 38.7 Å². The van der Waals surface area contributed by atoms with Gasteiger partial charge in [0, 0.05) is 29.1 Å². The number of hydrogen-bond donors (Lipinski definition) is 2. The summed E-state index contributed by atoms with van der Waals surface area (Å²) in [5.41, 5.74) is 0.579. The van der Waals surface area contributed by atoms with E-state index in [2.05, 4.69) is 10.6 Å². The van der Waals surface area contributed by atoms with Gasteiger partial charge in [-0.1, -0.05) is 29.3 Å². The van der Waals surface area contributed by atoms with E-state index in [9.17, 15) is 19.2 Å². The lowest BCUT2D eigenvalue weighted by Gasteiger charge is -2.16. The van der Waals surface area contributed by atoms with Crippen LogP contribution in [0.4, 0.5) is 4.79 Å². The molecule has 2 fully saturated rings. The number of hydrogen-bond acceptors (Lipinski definition) is 5. The normalized spacial score (nSPS) is 18.9. The Hall–Kier alpha value is -2.03. The lowest BCUT2D eigenvalue weighted by atomic mass is 10.2. The summed E-state index contributed by atoms with van der Waals surface area (Å²) in [7, 11) is 0. The standard InChI is InChI=1S/C19H19Cl2N3O4S/c1-10(23-17(26)11-2-3-11)16(25)22-6-7-24-18(27)15(29-19(24)28)8-12-4-5-13(20)9-14(12)21/h4-5,8-11H,2-3,6-7H2,1H3,(H,22,25)(H,23,26). The van der Waals surface area contributed by atoms with Crippen LogP contribution in [0, 0.1) is 5.92 Å². The fourth-order valence-electron chi connectivity index (χ4n) is 2.64. The summed E-state index contributed by atoms with van der Waals surface area (Å²) in [5, 5.41) is 5.70. The zero-order chi connectivity index (χ0) is 21.1. The molecule has 4 amide bonds. The number of amides is 4. The molecular formula is C19H19Cl2N3O4S. The van der Waals surface area contributed by atoms with Crippen molar-refractivity contribution in [1.29, 1.82) is 0 Å². The molecule has 1 aliphatic heterocycles. The van der Waals surface area contributed by atoms with Gasteiger partial charge in [-0.25, -0.2) is 0 Å². The molecule has 1 aromatic rings.